The molecule has 0 aliphatic carbocycles. The molecule has 0 aliphatic heterocycles. The van der Waals surface area contributed by atoms with Crippen LogP contribution in [-0.2, 0) is 16.4 Å². The lowest BCUT2D eigenvalue weighted by molar-refractivity contribution is 0.434. The van der Waals surface area contributed by atoms with Crippen LogP contribution in [0.1, 0.15) is 20.8 Å². The number of anilines is 1. The molecule has 0 saturated heterocycles. The summed E-state index contributed by atoms with van der Waals surface area (Å²) in [5.41, 5.74) is 10.2. The first-order valence-electron chi connectivity index (χ1n) is 11.0. The molecule has 2 aromatic heterocycles. The highest BCUT2D eigenvalue weighted by atomic mass is 32.2. The molecule has 0 radical (unpaired) electrons. The first kappa shape index (κ1) is 21.3. The fourth-order valence-corrected chi connectivity index (χ4v) is 4.33. The minimum Gasteiger partial charge on any atom is -0.382 e. The van der Waals surface area contributed by atoms with Crippen molar-refractivity contribution in [1.82, 2.24) is 20.4 Å². The molecule has 0 spiro atoms. The van der Waals surface area contributed by atoms with Gasteiger partial charge >= 0.3 is 0 Å². The van der Waals surface area contributed by atoms with E-state index in [1.807, 2.05) is 24.3 Å². The Morgan fingerprint density at radius 1 is 1.06 bits per heavy atom. The Balaban J connectivity index is 1.60. The number of nitrogens with zero attached hydrogens (tertiary/aromatic N) is 3. The van der Waals surface area contributed by atoms with E-state index in [4.69, 9.17) is 11.6 Å². The Kier molecular flexibility index (Phi) is 5.89. The number of aromatic nitrogens is 3. The molecule has 0 amide bonds. The van der Waals surface area contributed by atoms with Crippen molar-refractivity contribution in [2.24, 2.45) is 0 Å². The van der Waals surface area contributed by atoms with Crippen molar-refractivity contribution < 1.29 is 14.3 Å². The van der Waals surface area contributed by atoms with Gasteiger partial charge in [-0.1, -0.05) is 41.6 Å². The van der Waals surface area contributed by atoms with Gasteiger partial charge in [0.05, 0.1) is 22.0 Å². The fraction of sp³-hybridized carbons (Fsp3) is 0.208. The quantitative estimate of drug-likeness (QED) is 0.421. The summed E-state index contributed by atoms with van der Waals surface area (Å²) in [7, 11) is -3.19. The van der Waals surface area contributed by atoms with Crippen LogP contribution in [0, 0.1) is 0 Å². The van der Waals surface area contributed by atoms with Crippen LogP contribution >= 0.6 is 0 Å². The molecule has 0 fully saturated rings. The Hall–Kier alpha value is -3.56. The maximum atomic E-state index is 12.4. The van der Waals surface area contributed by atoms with E-state index in [1.54, 1.807) is 44.2 Å². The number of hydrogen-bond acceptors (Lipinski definition) is 8. The first-order chi connectivity index (χ1) is 16.3. The van der Waals surface area contributed by atoms with Gasteiger partial charge in [-0.15, -0.1) is 0 Å². The van der Waals surface area contributed by atoms with Crippen LogP contribution in [-0.4, -0.2) is 35.8 Å². The summed E-state index contributed by atoms with van der Waals surface area (Å²) >= 11 is 0. The molecular weight excluding hydrogens is 438 g/mol. The van der Waals surface area contributed by atoms with Crippen molar-refractivity contribution in [2.45, 2.75) is 30.5 Å². The molecule has 2 aromatic carbocycles. The monoisotopic (exact) mass is 464 g/mol. The zero-order valence-corrected chi connectivity index (χ0v) is 19.1. The smallest absolute Gasteiger partial charge is 0.189 e. The minimum atomic E-state index is -3.36. The number of sulfone groups is 1. The lowest BCUT2D eigenvalue weighted by Crippen LogP contribution is -2.13. The normalized spacial score (nSPS) is 12.2. The molecule has 8 nitrogen and oxygen atoms in total. The summed E-state index contributed by atoms with van der Waals surface area (Å²) < 4.78 is 37.4. The lowest BCUT2D eigenvalue weighted by Gasteiger charge is -2.09. The van der Waals surface area contributed by atoms with Crippen molar-refractivity contribution in [3.05, 3.63) is 66.4 Å². The summed E-state index contributed by atoms with van der Waals surface area (Å²) in [5, 5.41) is 6.60. The average Bonchev–Trinajstić information content (AvgIpc) is 3.33. The van der Waals surface area contributed by atoms with Gasteiger partial charge in [-0.2, -0.15) is 0 Å². The lowest BCUT2D eigenvalue weighted by atomic mass is 10.1. The molecule has 33 heavy (non-hydrogen) atoms. The first-order valence-corrected chi connectivity index (χ1v) is 11.9. The van der Waals surface area contributed by atoms with Gasteiger partial charge in [0.2, 0.25) is 0 Å². The van der Waals surface area contributed by atoms with Gasteiger partial charge in [-0.05, 0) is 38.6 Å². The Morgan fingerprint density at radius 3 is 2.39 bits per heavy atom. The van der Waals surface area contributed by atoms with Crippen LogP contribution in [0.4, 0.5) is 5.82 Å². The average molecular weight is 465 g/mol. The van der Waals surface area contributed by atoms with Gasteiger partial charge in [0, 0.05) is 25.1 Å². The van der Waals surface area contributed by atoms with E-state index >= 15 is 0 Å². The summed E-state index contributed by atoms with van der Waals surface area (Å²) in [6.45, 7) is 3.92. The number of rotatable bonds is 7. The maximum Gasteiger partial charge on any atom is 0.189 e. The number of hydrogen-bond donors (Lipinski definition) is 2. The molecular formula is C24H25N5O3S. The van der Waals surface area contributed by atoms with Crippen LogP contribution in [0.15, 0.2) is 70.2 Å². The molecule has 0 bridgehead atoms. The van der Waals surface area contributed by atoms with E-state index in [1.165, 1.54) is 6.20 Å². The van der Waals surface area contributed by atoms with E-state index in [2.05, 4.69) is 20.4 Å². The van der Waals surface area contributed by atoms with Gasteiger partial charge < -0.3 is 15.6 Å². The standard InChI is InChI=1S/C24H25N5O3S/c1-15(2)33(30,31)19-10-8-18(9-11-19)21-14-27-24(25)23(28-21)22-12-20(29-32-22)17-6-4-16(5-7-17)13-26-3/h4-12,14-15,26H,13H2,1-3H3,(H2,25,27)/i3D. The van der Waals surface area contributed by atoms with Crippen molar-refractivity contribution >= 4 is 15.7 Å². The van der Waals surface area contributed by atoms with Gasteiger partial charge in [0.25, 0.3) is 0 Å². The SMILES string of the molecule is [2H]CNCc1ccc(-c2cc(-c3nc(-c4ccc(S(=O)(=O)C(C)C)cc4)cnc3N)on2)cc1. The molecule has 3 N–H and O–H groups in total. The third kappa shape index (κ3) is 4.64. The van der Waals surface area contributed by atoms with Crippen LogP contribution < -0.4 is 11.1 Å². The predicted molar refractivity (Wildman–Crippen MR) is 128 cm³/mol. The molecule has 170 valence electrons. The topological polar surface area (TPSA) is 124 Å². The third-order valence-corrected chi connectivity index (χ3v) is 7.39. The summed E-state index contributed by atoms with van der Waals surface area (Å²) in [6.07, 6.45) is 1.53. The highest BCUT2D eigenvalue weighted by molar-refractivity contribution is 7.92. The number of nitrogen functional groups attached to an aromatic ring is 1. The molecule has 9 heteroatoms. The molecule has 4 aromatic rings. The van der Waals surface area contributed by atoms with E-state index in [9.17, 15) is 8.42 Å². The number of nitrogens with one attached hydrogen (secondary N) is 1. The second-order valence-electron chi connectivity index (χ2n) is 7.81. The van der Waals surface area contributed by atoms with Crippen LogP contribution in [0.2, 0.25) is 0 Å². The second kappa shape index (κ2) is 9.13. The maximum absolute atomic E-state index is 12.4. The van der Waals surface area contributed by atoms with Crippen LogP contribution in [0.3, 0.4) is 0 Å². The zero-order chi connectivity index (χ0) is 24.3. The fourth-order valence-electron chi connectivity index (χ4n) is 3.27. The summed E-state index contributed by atoms with van der Waals surface area (Å²) in [4.78, 5) is 9.10. The Bertz CT molecular complexity index is 1390. The van der Waals surface area contributed by atoms with Gasteiger partial charge in [0.1, 0.15) is 5.69 Å². The van der Waals surface area contributed by atoms with E-state index in [0.717, 1.165) is 11.1 Å². The van der Waals surface area contributed by atoms with E-state index < -0.39 is 15.1 Å². The predicted octanol–water partition coefficient (Wildman–Crippen LogP) is 3.95. The van der Waals surface area contributed by atoms with Gasteiger partial charge in [-0.25, -0.2) is 18.4 Å². The third-order valence-electron chi connectivity index (χ3n) is 5.22. The second-order valence-corrected chi connectivity index (χ2v) is 10.3. The zero-order valence-electron chi connectivity index (χ0n) is 19.3. The van der Waals surface area contributed by atoms with Crippen LogP contribution in [0.25, 0.3) is 34.0 Å². The van der Waals surface area contributed by atoms with Gasteiger partial charge in [-0.3, -0.25) is 0 Å². The molecule has 2 heterocycles. The van der Waals surface area contributed by atoms with E-state index in [0.29, 0.717) is 35.0 Å². The van der Waals surface area contributed by atoms with Crippen molar-refractivity contribution in [3.63, 3.8) is 0 Å². The largest absolute Gasteiger partial charge is 0.382 e. The summed E-state index contributed by atoms with van der Waals surface area (Å²) in [5.74, 6) is 0.572. The molecule has 0 saturated carbocycles. The Labute approximate surface area is 194 Å². The highest BCUT2D eigenvalue weighted by Gasteiger charge is 2.20. The molecule has 0 atom stereocenters. The molecule has 0 aliphatic rings. The Morgan fingerprint density at radius 2 is 1.73 bits per heavy atom. The highest BCUT2D eigenvalue weighted by Crippen LogP contribution is 2.30. The molecule has 4 rings (SSSR count). The molecule has 0 unspecified atom stereocenters. The van der Waals surface area contributed by atoms with Crippen molar-refractivity contribution in [1.29, 1.82) is 0 Å². The van der Waals surface area contributed by atoms with Crippen molar-refractivity contribution in [3.8, 4) is 34.0 Å². The van der Waals surface area contributed by atoms with Crippen molar-refractivity contribution in [2.75, 3.05) is 12.8 Å². The number of benzene rings is 2. The van der Waals surface area contributed by atoms with Crippen LogP contribution in [0.5, 0.6) is 0 Å². The summed E-state index contributed by atoms with van der Waals surface area (Å²) in [6, 6.07) is 16.1. The van der Waals surface area contributed by atoms with E-state index in [-0.39, 0.29) is 17.7 Å². The minimum absolute atomic E-state index is 0.164. The van der Waals surface area contributed by atoms with Gasteiger partial charge in [0.15, 0.2) is 27.1 Å². The number of nitrogens with two attached hydrogens (primary N) is 1.